The number of piperidine rings is 1. The van der Waals surface area contributed by atoms with Crippen LogP contribution in [0.3, 0.4) is 0 Å². The molecule has 2 aliphatic heterocycles. The number of nitrogens with two attached hydrogens (primary N) is 1. The van der Waals surface area contributed by atoms with E-state index >= 15 is 0 Å². The summed E-state index contributed by atoms with van der Waals surface area (Å²) in [6.07, 6.45) is 10.6. The van der Waals surface area contributed by atoms with E-state index in [9.17, 15) is 0 Å². The highest BCUT2D eigenvalue weighted by Gasteiger charge is 2.34. The van der Waals surface area contributed by atoms with Crippen LogP contribution in [0.5, 0.6) is 0 Å². The van der Waals surface area contributed by atoms with Crippen LogP contribution >= 0.6 is 24.0 Å². The fraction of sp³-hybridized carbons (Fsp3) is 0.944. The fourth-order valence-corrected chi connectivity index (χ4v) is 4.37. The lowest BCUT2D eigenvalue weighted by Crippen LogP contribution is -2.47. The molecule has 140 valence electrons. The average molecular weight is 450 g/mol. The zero-order valence-electron chi connectivity index (χ0n) is 15.0. The minimum atomic E-state index is 0. The molecule has 1 saturated carbocycles. The molecule has 2 heterocycles. The Hall–Kier alpha value is -0.0800. The Kier molecular flexibility index (Phi) is 8.57. The van der Waals surface area contributed by atoms with Gasteiger partial charge in [-0.05, 0) is 32.1 Å². The number of likely N-dealkylation sites (tertiary alicyclic amines) is 1. The number of guanidine groups is 1. The van der Waals surface area contributed by atoms with Crippen molar-refractivity contribution in [3.63, 3.8) is 0 Å². The molecule has 5 nitrogen and oxygen atoms in total. The Bertz CT molecular complexity index is 386. The van der Waals surface area contributed by atoms with E-state index in [1.54, 1.807) is 0 Å². The van der Waals surface area contributed by atoms with Crippen LogP contribution in [0, 0.1) is 5.41 Å². The Morgan fingerprint density at radius 2 is 1.54 bits per heavy atom. The van der Waals surface area contributed by atoms with Gasteiger partial charge in [-0.15, -0.1) is 24.0 Å². The maximum atomic E-state index is 6.30. The summed E-state index contributed by atoms with van der Waals surface area (Å²) < 4.78 is 5.50. The van der Waals surface area contributed by atoms with E-state index in [-0.39, 0.29) is 24.0 Å². The Morgan fingerprint density at radius 3 is 2.21 bits per heavy atom. The third-order valence-corrected chi connectivity index (χ3v) is 5.83. The molecule has 0 atom stereocenters. The van der Waals surface area contributed by atoms with E-state index in [0.717, 1.165) is 51.9 Å². The molecule has 0 bridgehead atoms. The summed E-state index contributed by atoms with van der Waals surface area (Å²) in [6, 6.07) is 0. The van der Waals surface area contributed by atoms with Crippen LogP contribution in [-0.2, 0) is 4.74 Å². The molecule has 24 heavy (non-hydrogen) atoms. The van der Waals surface area contributed by atoms with Crippen LogP contribution in [-0.4, -0.2) is 68.2 Å². The normalized spacial score (nSPS) is 26.0. The number of aliphatic imine (C=N–C) groups is 1. The van der Waals surface area contributed by atoms with Gasteiger partial charge in [-0.1, -0.05) is 19.3 Å². The van der Waals surface area contributed by atoms with Crippen LogP contribution in [0.1, 0.15) is 51.4 Å². The highest BCUT2D eigenvalue weighted by Crippen LogP contribution is 2.37. The largest absolute Gasteiger partial charge is 0.379 e. The van der Waals surface area contributed by atoms with Crippen molar-refractivity contribution in [2.75, 3.05) is 52.5 Å². The molecule has 0 radical (unpaired) electrons. The van der Waals surface area contributed by atoms with Crippen LogP contribution in [0.2, 0.25) is 0 Å². The number of nitrogens with zero attached hydrogens (tertiary/aromatic N) is 3. The quantitative estimate of drug-likeness (QED) is 0.407. The van der Waals surface area contributed by atoms with Gasteiger partial charge in [-0.3, -0.25) is 9.89 Å². The standard InChI is InChI=1S/C18H34N4O.HI/c19-17(22-9-5-2-6-10-22)20-15-18(7-3-1-4-8-18)16-21-11-13-23-14-12-21;/h1-16H2,(H2,19,20);1H. The number of hydrogen-bond donors (Lipinski definition) is 1. The summed E-state index contributed by atoms with van der Waals surface area (Å²) in [4.78, 5) is 9.74. The van der Waals surface area contributed by atoms with Crippen molar-refractivity contribution < 1.29 is 4.74 Å². The molecule has 3 aliphatic rings. The summed E-state index contributed by atoms with van der Waals surface area (Å²) in [5.74, 6) is 0.789. The second-order valence-electron chi connectivity index (χ2n) is 7.67. The molecule has 0 amide bonds. The first kappa shape index (κ1) is 20.2. The van der Waals surface area contributed by atoms with Crippen molar-refractivity contribution >= 4 is 29.9 Å². The van der Waals surface area contributed by atoms with Gasteiger partial charge >= 0.3 is 0 Å². The molecule has 1 aliphatic carbocycles. The Balaban J connectivity index is 0.00000208. The third-order valence-electron chi connectivity index (χ3n) is 5.83. The number of rotatable bonds is 4. The zero-order valence-corrected chi connectivity index (χ0v) is 17.4. The zero-order chi connectivity index (χ0) is 16.0. The predicted octanol–water partition coefficient (Wildman–Crippen LogP) is 2.69. The first-order valence-corrected chi connectivity index (χ1v) is 9.62. The molecule has 0 aromatic rings. The van der Waals surface area contributed by atoms with Gasteiger partial charge < -0.3 is 15.4 Å². The number of morpholine rings is 1. The van der Waals surface area contributed by atoms with Gasteiger partial charge in [0.25, 0.3) is 0 Å². The molecule has 0 unspecified atom stereocenters. The number of halogens is 1. The van der Waals surface area contributed by atoms with E-state index in [2.05, 4.69) is 9.80 Å². The van der Waals surface area contributed by atoms with Gasteiger partial charge in [-0.25, -0.2) is 0 Å². The molecule has 0 spiro atoms. The van der Waals surface area contributed by atoms with Crippen LogP contribution < -0.4 is 5.73 Å². The molecule has 3 fully saturated rings. The first-order valence-electron chi connectivity index (χ1n) is 9.62. The minimum absolute atomic E-state index is 0. The van der Waals surface area contributed by atoms with Gasteiger partial charge in [0.05, 0.1) is 13.2 Å². The summed E-state index contributed by atoms with van der Waals surface area (Å²) in [6.45, 7) is 8.18. The summed E-state index contributed by atoms with van der Waals surface area (Å²) in [5, 5.41) is 0. The maximum absolute atomic E-state index is 6.30. The van der Waals surface area contributed by atoms with E-state index in [4.69, 9.17) is 15.5 Å². The van der Waals surface area contributed by atoms with Crippen LogP contribution in [0.4, 0.5) is 0 Å². The fourth-order valence-electron chi connectivity index (χ4n) is 4.37. The van der Waals surface area contributed by atoms with Gasteiger partial charge in [-0.2, -0.15) is 0 Å². The molecule has 0 aromatic heterocycles. The Morgan fingerprint density at radius 1 is 0.917 bits per heavy atom. The minimum Gasteiger partial charge on any atom is -0.379 e. The monoisotopic (exact) mass is 450 g/mol. The first-order chi connectivity index (χ1) is 11.3. The van der Waals surface area contributed by atoms with Crippen molar-refractivity contribution in [1.29, 1.82) is 0 Å². The molecular formula is C18H35IN4O. The summed E-state index contributed by atoms with van der Waals surface area (Å²) in [5.41, 5.74) is 6.64. The van der Waals surface area contributed by atoms with Gasteiger partial charge in [0.2, 0.25) is 0 Å². The highest BCUT2D eigenvalue weighted by atomic mass is 127. The second-order valence-corrected chi connectivity index (χ2v) is 7.67. The highest BCUT2D eigenvalue weighted by molar-refractivity contribution is 14.0. The average Bonchev–Trinajstić information content (AvgIpc) is 2.62. The van der Waals surface area contributed by atoms with E-state index in [0.29, 0.717) is 5.41 Å². The molecule has 2 saturated heterocycles. The van der Waals surface area contributed by atoms with Crippen molar-refractivity contribution in [3.8, 4) is 0 Å². The van der Waals surface area contributed by atoms with Crippen molar-refractivity contribution in [2.45, 2.75) is 51.4 Å². The topological polar surface area (TPSA) is 54.1 Å². The lowest BCUT2D eigenvalue weighted by molar-refractivity contribution is 0.00934. The van der Waals surface area contributed by atoms with Crippen molar-refractivity contribution in [2.24, 2.45) is 16.1 Å². The molecular weight excluding hydrogens is 415 g/mol. The van der Waals surface area contributed by atoms with E-state index in [1.807, 2.05) is 0 Å². The SMILES string of the molecule is I.NC(=NCC1(CN2CCOCC2)CCCCC1)N1CCCCC1. The third kappa shape index (κ3) is 5.73. The maximum Gasteiger partial charge on any atom is 0.191 e. The molecule has 0 aromatic carbocycles. The van der Waals surface area contributed by atoms with Crippen molar-refractivity contribution in [3.05, 3.63) is 0 Å². The van der Waals surface area contributed by atoms with Gasteiger partial charge in [0.15, 0.2) is 5.96 Å². The number of hydrogen-bond acceptors (Lipinski definition) is 3. The van der Waals surface area contributed by atoms with Crippen LogP contribution in [0.25, 0.3) is 0 Å². The van der Waals surface area contributed by atoms with Crippen LogP contribution in [0.15, 0.2) is 4.99 Å². The van der Waals surface area contributed by atoms with Gasteiger partial charge in [0, 0.05) is 44.7 Å². The van der Waals surface area contributed by atoms with E-state index < -0.39 is 0 Å². The molecule has 2 N–H and O–H groups in total. The molecule has 3 rings (SSSR count). The smallest absolute Gasteiger partial charge is 0.191 e. The predicted molar refractivity (Wildman–Crippen MR) is 110 cm³/mol. The summed E-state index contributed by atoms with van der Waals surface area (Å²) >= 11 is 0. The summed E-state index contributed by atoms with van der Waals surface area (Å²) in [7, 11) is 0. The number of ether oxygens (including phenoxy) is 1. The van der Waals surface area contributed by atoms with E-state index in [1.165, 1.54) is 57.9 Å². The van der Waals surface area contributed by atoms with Crippen molar-refractivity contribution in [1.82, 2.24) is 9.80 Å². The Labute approximate surface area is 164 Å². The second kappa shape index (κ2) is 10.2. The lowest BCUT2D eigenvalue weighted by atomic mass is 9.73. The van der Waals surface area contributed by atoms with Gasteiger partial charge in [0.1, 0.15) is 0 Å². The lowest BCUT2D eigenvalue weighted by Gasteiger charge is -2.41. The molecule has 6 heteroatoms.